The maximum atomic E-state index is 12.0. The predicted octanol–water partition coefficient (Wildman–Crippen LogP) is 1.48. The maximum Gasteiger partial charge on any atom is 0.230 e. The Kier molecular flexibility index (Phi) is 4.01. The highest BCUT2D eigenvalue weighted by Gasteiger charge is 2.13. The zero-order valence-corrected chi connectivity index (χ0v) is 11.3. The smallest absolute Gasteiger partial charge is 0.230 e. The molecular weight excluding hydrogens is 256 g/mol. The van der Waals surface area contributed by atoms with Crippen LogP contribution >= 0.6 is 0 Å². The highest BCUT2D eigenvalue weighted by atomic mass is 16.5. The summed E-state index contributed by atoms with van der Waals surface area (Å²) < 4.78 is 6.68. The van der Waals surface area contributed by atoms with E-state index in [-0.39, 0.29) is 18.1 Å². The highest BCUT2D eigenvalue weighted by molar-refractivity contribution is 5.92. The maximum absolute atomic E-state index is 12.0. The minimum absolute atomic E-state index is 0.158. The van der Waals surface area contributed by atoms with Gasteiger partial charge in [-0.05, 0) is 6.07 Å². The van der Waals surface area contributed by atoms with E-state index >= 15 is 0 Å². The van der Waals surface area contributed by atoms with Crippen LogP contribution in [0.25, 0.3) is 0 Å². The van der Waals surface area contributed by atoms with Crippen LogP contribution in [0.3, 0.4) is 0 Å². The van der Waals surface area contributed by atoms with Crippen LogP contribution in [0.2, 0.25) is 0 Å². The molecule has 0 aliphatic heterocycles. The number of rotatable bonds is 4. The number of aryl methyl sites for hydroxylation is 1. The molecule has 0 aliphatic rings. The number of methoxy groups -OCH3 is 1. The molecule has 0 atom stereocenters. The molecule has 0 radical (unpaired) electrons. The van der Waals surface area contributed by atoms with Gasteiger partial charge in [-0.2, -0.15) is 10.4 Å². The molecule has 102 valence electrons. The fourth-order valence-electron chi connectivity index (χ4n) is 1.86. The van der Waals surface area contributed by atoms with Crippen molar-refractivity contribution in [2.75, 3.05) is 12.4 Å². The van der Waals surface area contributed by atoms with Crippen LogP contribution in [0.15, 0.2) is 30.5 Å². The predicted molar refractivity (Wildman–Crippen MR) is 73.3 cm³/mol. The van der Waals surface area contributed by atoms with Crippen LogP contribution in [-0.4, -0.2) is 22.8 Å². The topological polar surface area (TPSA) is 79.9 Å². The number of amides is 1. The lowest BCUT2D eigenvalue weighted by Gasteiger charge is -2.07. The Hall–Kier alpha value is -2.81. The van der Waals surface area contributed by atoms with Crippen LogP contribution in [0.1, 0.15) is 11.1 Å². The zero-order valence-electron chi connectivity index (χ0n) is 11.3. The first-order valence-electron chi connectivity index (χ1n) is 5.99. The summed E-state index contributed by atoms with van der Waals surface area (Å²) >= 11 is 0. The van der Waals surface area contributed by atoms with Crippen molar-refractivity contribution in [3.8, 4) is 11.8 Å². The molecule has 0 unspecified atom stereocenters. The molecule has 0 saturated carbocycles. The first-order valence-corrected chi connectivity index (χ1v) is 5.99. The number of carbonyl (C=O) groups is 1. The second-order valence-electron chi connectivity index (χ2n) is 4.21. The Morgan fingerprint density at radius 3 is 2.95 bits per heavy atom. The molecule has 1 aromatic carbocycles. The molecule has 1 heterocycles. The average molecular weight is 270 g/mol. The molecule has 1 aromatic heterocycles. The molecule has 2 aromatic rings. The van der Waals surface area contributed by atoms with Crippen molar-refractivity contribution in [3.63, 3.8) is 0 Å². The monoisotopic (exact) mass is 270 g/mol. The van der Waals surface area contributed by atoms with Gasteiger partial charge in [-0.25, -0.2) is 0 Å². The van der Waals surface area contributed by atoms with Crippen molar-refractivity contribution in [3.05, 3.63) is 41.6 Å². The molecular formula is C14H14N4O2. The quantitative estimate of drug-likeness (QED) is 0.912. The second-order valence-corrected chi connectivity index (χ2v) is 4.21. The second kappa shape index (κ2) is 5.89. The summed E-state index contributed by atoms with van der Waals surface area (Å²) in [4.78, 5) is 12.0. The summed E-state index contributed by atoms with van der Waals surface area (Å²) in [5, 5.41) is 15.6. The van der Waals surface area contributed by atoms with E-state index in [1.165, 1.54) is 4.68 Å². The number of hydrogen-bond donors (Lipinski definition) is 1. The molecule has 2 rings (SSSR count). The third kappa shape index (κ3) is 2.95. The van der Waals surface area contributed by atoms with Gasteiger partial charge in [0.15, 0.2) is 5.82 Å². The Morgan fingerprint density at radius 1 is 1.50 bits per heavy atom. The van der Waals surface area contributed by atoms with E-state index in [1.807, 2.05) is 24.3 Å². The molecule has 0 aliphatic carbocycles. The molecule has 1 amide bonds. The summed E-state index contributed by atoms with van der Waals surface area (Å²) in [5.41, 5.74) is 1.11. The van der Waals surface area contributed by atoms with E-state index in [2.05, 4.69) is 10.4 Å². The Labute approximate surface area is 116 Å². The van der Waals surface area contributed by atoms with Gasteiger partial charge < -0.3 is 10.1 Å². The Balaban J connectivity index is 2.11. The molecule has 0 fully saturated rings. The summed E-state index contributed by atoms with van der Waals surface area (Å²) in [6, 6.07) is 9.28. The Morgan fingerprint density at radius 2 is 2.25 bits per heavy atom. The third-order valence-corrected chi connectivity index (χ3v) is 2.75. The summed E-state index contributed by atoms with van der Waals surface area (Å²) in [6.45, 7) is 0. The van der Waals surface area contributed by atoms with Gasteiger partial charge in [-0.15, -0.1) is 0 Å². The van der Waals surface area contributed by atoms with E-state index in [0.29, 0.717) is 11.3 Å². The molecule has 6 nitrogen and oxygen atoms in total. The van der Waals surface area contributed by atoms with Gasteiger partial charge in [-0.3, -0.25) is 9.48 Å². The molecule has 0 spiro atoms. The van der Waals surface area contributed by atoms with Crippen molar-refractivity contribution in [1.82, 2.24) is 9.78 Å². The number of ether oxygens (including phenoxy) is 1. The molecule has 0 bridgehead atoms. The lowest BCUT2D eigenvalue weighted by molar-refractivity contribution is -0.115. The number of benzene rings is 1. The van der Waals surface area contributed by atoms with Crippen molar-refractivity contribution in [2.24, 2.45) is 7.05 Å². The van der Waals surface area contributed by atoms with E-state index in [4.69, 9.17) is 10.00 Å². The van der Waals surface area contributed by atoms with Gasteiger partial charge in [0.05, 0.1) is 13.5 Å². The molecule has 0 saturated heterocycles. The van der Waals surface area contributed by atoms with Crippen molar-refractivity contribution < 1.29 is 9.53 Å². The minimum Gasteiger partial charge on any atom is -0.496 e. The molecule has 6 heteroatoms. The zero-order chi connectivity index (χ0) is 14.5. The number of aromatic nitrogens is 2. The van der Waals surface area contributed by atoms with Gasteiger partial charge in [0.2, 0.25) is 5.91 Å². The van der Waals surface area contributed by atoms with E-state index in [0.717, 1.165) is 5.56 Å². The summed E-state index contributed by atoms with van der Waals surface area (Å²) in [5.74, 6) is 0.684. The number of nitriles is 1. The number of carbonyl (C=O) groups excluding carboxylic acids is 1. The third-order valence-electron chi connectivity index (χ3n) is 2.75. The van der Waals surface area contributed by atoms with Crippen molar-refractivity contribution in [2.45, 2.75) is 6.42 Å². The van der Waals surface area contributed by atoms with Gasteiger partial charge in [0, 0.05) is 18.8 Å². The average Bonchev–Trinajstić information content (AvgIpc) is 2.79. The number of nitrogens with one attached hydrogen (secondary N) is 1. The Bertz CT molecular complexity index is 670. The molecule has 1 N–H and O–H groups in total. The molecule has 20 heavy (non-hydrogen) atoms. The van der Waals surface area contributed by atoms with Crippen LogP contribution in [0.5, 0.6) is 5.75 Å². The van der Waals surface area contributed by atoms with Crippen molar-refractivity contribution in [1.29, 1.82) is 5.26 Å². The van der Waals surface area contributed by atoms with Gasteiger partial charge in [0.1, 0.15) is 17.4 Å². The minimum atomic E-state index is -0.246. The van der Waals surface area contributed by atoms with E-state index in [1.54, 1.807) is 26.4 Å². The fourth-order valence-corrected chi connectivity index (χ4v) is 1.86. The number of nitrogens with zero attached hydrogens (tertiary/aromatic N) is 3. The fraction of sp³-hybridized carbons (Fsp3) is 0.214. The summed E-state index contributed by atoms with van der Waals surface area (Å²) in [6.07, 6.45) is 1.71. The van der Waals surface area contributed by atoms with Crippen molar-refractivity contribution >= 4 is 11.7 Å². The van der Waals surface area contributed by atoms with Crippen LogP contribution < -0.4 is 10.1 Å². The standard InChI is InChI=1S/C14H14N4O2/c1-18-9-11(8-15)14(17-18)16-13(19)7-10-5-3-4-6-12(10)20-2/h3-6,9H,7H2,1-2H3,(H,16,17,19). The first-order chi connectivity index (χ1) is 9.63. The van der Waals surface area contributed by atoms with Gasteiger partial charge in [0.25, 0.3) is 0 Å². The number of hydrogen-bond acceptors (Lipinski definition) is 4. The number of para-hydroxylation sites is 1. The van der Waals surface area contributed by atoms with Crippen LogP contribution in [0, 0.1) is 11.3 Å². The lowest BCUT2D eigenvalue weighted by atomic mass is 10.1. The highest BCUT2D eigenvalue weighted by Crippen LogP contribution is 2.18. The van der Waals surface area contributed by atoms with E-state index in [9.17, 15) is 4.79 Å². The van der Waals surface area contributed by atoms with E-state index < -0.39 is 0 Å². The van der Waals surface area contributed by atoms with Gasteiger partial charge in [-0.1, -0.05) is 18.2 Å². The van der Waals surface area contributed by atoms with Crippen LogP contribution in [-0.2, 0) is 18.3 Å². The first kappa shape index (κ1) is 13.6. The largest absolute Gasteiger partial charge is 0.496 e. The number of anilines is 1. The van der Waals surface area contributed by atoms with Gasteiger partial charge >= 0.3 is 0 Å². The lowest BCUT2D eigenvalue weighted by Crippen LogP contribution is -2.16. The normalized spacial score (nSPS) is 9.85. The SMILES string of the molecule is COc1ccccc1CC(=O)Nc1nn(C)cc1C#N. The summed E-state index contributed by atoms with van der Waals surface area (Å²) in [7, 11) is 3.25. The van der Waals surface area contributed by atoms with Crippen LogP contribution in [0.4, 0.5) is 5.82 Å².